The SMILES string of the molecule is Cc1cc(C(=O)Nc2ccccc2C(N)=NO)ccc1F. The summed E-state index contributed by atoms with van der Waals surface area (Å²) in [6.45, 7) is 1.58. The fraction of sp³-hybridized carbons (Fsp3) is 0.0667. The Kier molecular flexibility index (Phi) is 4.18. The summed E-state index contributed by atoms with van der Waals surface area (Å²) in [6.07, 6.45) is 0. The van der Waals surface area contributed by atoms with E-state index >= 15 is 0 Å². The van der Waals surface area contributed by atoms with Crippen LogP contribution in [0.4, 0.5) is 10.1 Å². The lowest BCUT2D eigenvalue weighted by Crippen LogP contribution is -2.19. The van der Waals surface area contributed by atoms with Gasteiger partial charge in [0.2, 0.25) is 0 Å². The summed E-state index contributed by atoms with van der Waals surface area (Å²) in [6, 6.07) is 10.7. The van der Waals surface area contributed by atoms with Crippen LogP contribution in [0.5, 0.6) is 0 Å². The molecule has 2 rings (SSSR count). The largest absolute Gasteiger partial charge is 0.409 e. The van der Waals surface area contributed by atoms with Gasteiger partial charge in [-0.3, -0.25) is 4.79 Å². The smallest absolute Gasteiger partial charge is 0.255 e. The van der Waals surface area contributed by atoms with E-state index in [0.29, 0.717) is 22.4 Å². The lowest BCUT2D eigenvalue weighted by molar-refractivity contribution is 0.102. The molecule has 0 aliphatic heterocycles. The Labute approximate surface area is 120 Å². The van der Waals surface area contributed by atoms with Crippen LogP contribution in [0.15, 0.2) is 47.6 Å². The first-order valence-corrected chi connectivity index (χ1v) is 6.17. The van der Waals surface area contributed by atoms with Crippen LogP contribution < -0.4 is 11.1 Å². The maximum atomic E-state index is 13.2. The topological polar surface area (TPSA) is 87.7 Å². The third-order valence-corrected chi connectivity index (χ3v) is 2.98. The van der Waals surface area contributed by atoms with Crippen LogP contribution in [-0.2, 0) is 0 Å². The van der Waals surface area contributed by atoms with Crippen LogP contribution in [0.25, 0.3) is 0 Å². The van der Waals surface area contributed by atoms with Gasteiger partial charge in [-0.05, 0) is 42.8 Å². The van der Waals surface area contributed by atoms with Gasteiger partial charge in [0, 0.05) is 11.1 Å². The fourth-order valence-electron chi connectivity index (χ4n) is 1.85. The lowest BCUT2D eigenvalue weighted by atomic mass is 10.1. The molecule has 6 heteroatoms. The minimum Gasteiger partial charge on any atom is -0.409 e. The number of rotatable bonds is 3. The van der Waals surface area contributed by atoms with Crippen molar-refractivity contribution in [2.75, 3.05) is 5.32 Å². The predicted octanol–water partition coefficient (Wildman–Crippen LogP) is 2.48. The van der Waals surface area contributed by atoms with E-state index in [1.165, 1.54) is 18.2 Å². The molecule has 0 spiro atoms. The molecule has 0 saturated heterocycles. The van der Waals surface area contributed by atoms with Crippen molar-refractivity contribution in [1.82, 2.24) is 0 Å². The number of benzene rings is 2. The number of carbonyl (C=O) groups excluding carboxylic acids is 1. The number of para-hydroxylation sites is 1. The standard InChI is InChI=1S/C15H14FN3O2/c1-9-8-10(6-7-12(9)16)15(20)18-13-5-3-2-4-11(13)14(17)19-21/h2-8,21H,1H3,(H2,17,19)(H,18,20). The van der Waals surface area contributed by atoms with E-state index in [1.807, 2.05) is 0 Å². The summed E-state index contributed by atoms with van der Waals surface area (Å²) < 4.78 is 13.2. The molecule has 2 aromatic rings. The minimum atomic E-state index is -0.406. The van der Waals surface area contributed by atoms with Crippen molar-refractivity contribution < 1.29 is 14.4 Å². The molecule has 0 saturated carbocycles. The monoisotopic (exact) mass is 287 g/mol. The van der Waals surface area contributed by atoms with E-state index < -0.39 is 5.91 Å². The number of hydrogen-bond donors (Lipinski definition) is 3. The number of nitrogens with one attached hydrogen (secondary N) is 1. The third-order valence-electron chi connectivity index (χ3n) is 2.98. The molecule has 2 aromatic carbocycles. The van der Waals surface area contributed by atoms with Crippen molar-refractivity contribution in [2.45, 2.75) is 6.92 Å². The van der Waals surface area contributed by atoms with Crippen LogP contribution >= 0.6 is 0 Å². The molecule has 0 aliphatic carbocycles. The second-order valence-corrected chi connectivity index (χ2v) is 4.45. The van der Waals surface area contributed by atoms with Crippen LogP contribution in [0, 0.1) is 12.7 Å². The molecule has 21 heavy (non-hydrogen) atoms. The Morgan fingerprint density at radius 2 is 2.00 bits per heavy atom. The molecule has 0 bridgehead atoms. The normalized spacial score (nSPS) is 11.2. The van der Waals surface area contributed by atoms with Crippen LogP contribution in [0.2, 0.25) is 0 Å². The summed E-state index contributed by atoms with van der Waals surface area (Å²) in [5, 5.41) is 14.3. The Hall–Kier alpha value is -2.89. The highest BCUT2D eigenvalue weighted by Crippen LogP contribution is 2.17. The second kappa shape index (κ2) is 6.04. The van der Waals surface area contributed by atoms with Gasteiger partial charge in [0.1, 0.15) is 5.82 Å². The van der Waals surface area contributed by atoms with E-state index in [-0.39, 0.29) is 11.7 Å². The predicted molar refractivity (Wildman–Crippen MR) is 78.0 cm³/mol. The summed E-state index contributed by atoms with van der Waals surface area (Å²) in [7, 11) is 0. The van der Waals surface area contributed by atoms with Crippen molar-refractivity contribution >= 4 is 17.4 Å². The molecular weight excluding hydrogens is 273 g/mol. The van der Waals surface area contributed by atoms with Gasteiger partial charge in [-0.1, -0.05) is 17.3 Å². The zero-order valence-electron chi connectivity index (χ0n) is 11.3. The van der Waals surface area contributed by atoms with E-state index in [9.17, 15) is 9.18 Å². The number of carbonyl (C=O) groups is 1. The van der Waals surface area contributed by atoms with Gasteiger partial charge in [-0.15, -0.1) is 0 Å². The lowest BCUT2D eigenvalue weighted by Gasteiger charge is -2.10. The van der Waals surface area contributed by atoms with Gasteiger partial charge < -0.3 is 16.3 Å². The molecule has 108 valence electrons. The van der Waals surface area contributed by atoms with E-state index in [2.05, 4.69) is 10.5 Å². The van der Waals surface area contributed by atoms with E-state index in [4.69, 9.17) is 10.9 Å². The van der Waals surface area contributed by atoms with Gasteiger partial charge >= 0.3 is 0 Å². The number of oxime groups is 1. The molecule has 0 aromatic heterocycles. The van der Waals surface area contributed by atoms with Gasteiger partial charge in [0.15, 0.2) is 5.84 Å². The van der Waals surface area contributed by atoms with Crippen LogP contribution in [0.3, 0.4) is 0 Å². The number of nitrogens with zero attached hydrogens (tertiary/aromatic N) is 1. The molecule has 5 nitrogen and oxygen atoms in total. The first-order chi connectivity index (χ1) is 10.0. The molecule has 0 aliphatic rings. The Morgan fingerprint density at radius 1 is 1.29 bits per heavy atom. The maximum Gasteiger partial charge on any atom is 0.255 e. The van der Waals surface area contributed by atoms with Crippen LogP contribution in [-0.4, -0.2) is 17.0 Å². The maximum absolute atomic E-state index is 13.2. The van der Waals surface area contributed by atoms with Crippen molar-refractivity contribution in [1.29, 1.82) is 0 Å². The number of amides is 1. The zero-order valence-corrected chi connectivity index (χ0v) is 11.3. The molecule has 0 radical (unpaired) electrons. The summed E-state index contributed by atoms with van der Waals surface area (Å²) in [5.41, 5.74) is 7.05. The van der Waals surface area contributed by atoms with Crippen LogP contribution in [0.1, 0.15) is 21.5 Å². The average molecular weight is 287 g/mol. The Bertz CT molecular complexity index is 714. The molecule has 0 unspecified atom stereocenters. The highest BCUT2D eigenvalue weighted by molar-refractivity contribution is 6.09. The van der Waals surface area contributed by atoms with Gasteiger partial charge in [0.05, 0.1) is 5.69 Å². The first-order valence-electron chi connectivity index (χ1n) is 6.17. The van der Waals surface area contributed by atoms with Gasteiger partial charge in [0.25, 0.3) is 5.91 Å². The van der Waals surface area contributed by atoms with Crippen molar-refractivity contribution in [2.24, 2.45) is 10.9 Å². The van der Waals surface area contributed by atoms with E-state index in [0.717, 1.165) is 0 Å². The second-order valence-electron chi connectivity index (χ2n) is 4.45. The molecule has 0 heterocycles. The quantitative estimate of drug-likeness (QED) is 0.351. The fourth-order valence-corrected chi connectivity index (χ4v) is 1.85. The van der Waals surface area contributed by atoms with Crippen molar-refractivity contribution in [3.8, 4) is 0 Å². The summed E-state index contributed by atoms with van der Waals surface area (Å²) in [4.78, 5) is 12.2. The average Bonchev–Trinajstić information content (AvgIpc) is 2.49. The number of amidine groups is 1. The number of anilines is 1. The summed E-state index contributed by atoms with van der Waals surface area (Å²) in [5.74, 6) is -0.888. The highest BCUT2D eigenvalue weighted by atomic mass is 19.1. The Balaban J connectivity index is 2.30. The number of halogens is 1. The number of nitrogens with two attached hydrogens (primary N) is 1. The molecule has 4 N–H and O–H groups in total. The number of hydrogen-bond acceptors (Lipinski definition) is 3. The molecule has 0 fully saturated rings. The number of aryl methyl sites for hydroxylation is 1. The van der Waals surface area contributed by atoms with E-state index in [1.54, 1.807) is 31.2 Å². The molecule has 0 atom stereocenters. The van der Waals surface area contributed by atoms with Gasteiger partial charge in [-0.25, -0.2) is 4.39 Å². The zero-order chi connectivity index (χ0) is 15.4. The first kappa shape index (κ1) is 14.5. The van der Waals surface area contributed by atoms with Gasteiger partial charge in [-0.2, -0.15) is 0 Å². The van der Waals surface area contributed by atoms with Crippen molar-refractivity contribution in [3.05, 3.63) is 65.0 Å². The summed E-state index contributed by atoms with van der Waals surface area (Å²) >= 11 is 0. The minimum absolute atomic E-state index is 0.110. The van der Waals surface area contributed by atoms with Crippen molar-refractivity contribution in [3.63, 3.8) is 0 Å². The molecular formula is C15H14FN3O2. The highest BCUT2D eigenvalue weighted by Gasteiger charge is 2.12. The molecule has 1 amide bonds. The Morgan fingerprint density at radius 3 is 2.67 bits per heavy atom. The third kappa shape index (κ3) is 3.17.